The first kappa shape index (κ1) is 13.9. The summed E-state index contributed by atoms with van der Waals surface area (Å²) in [5.74, 6) is 0.707. The van der Waals surface area contributed by atoms with Gasteiger partial charge in [0.05, 0.1) is 6.61 Å². The van der Waals surface area contributed by atoms with E-state index in [1.807, 2.05) is 0 Å². The van der Waals surface area contributed by atoms with E-state index in [4.69, 9.17) is 4.74 Å². The van der Waals surface area contributed by atoms with Gasteiger partial charge in [-0.15, -0.1) is 0 Å². The highest BCUT2D eigenvalue weighted by Gasteiger charge is 2.22. The van der Waals surface area contributed by atoms with Gasteiger partial charge in [0.1, 0.15) is 0 Å². The lowest BCUT2D eigenvalue weighted by Crippen LogP contribution is -2.45. The van der Waals surface area contributed by atoms with E-state index in [9.17, 15) is 0 Å². The molecule has 1 fully saturated rings. The zero-order chi connectivity index (χ0) is 12.0. The van der Waals surface area contributed by atoms with Crippen LogP contribution in [-0.4, -0.2) is 50.3 Å². The molecule has 0 amide bonds. The van der Waals surface area contributed by atoms with E-state index in [-0.39, 0.29) is 0 Å². The Hall–Kier alpha value is -0.120. The molecule has 2 atom stereocenters. The van der Waals surface area contributed by atoms with Crippen LogP contribution < -0.4 is 5.32 Å². The van der Waals surface area contributed by atoms with E-state index in [2.05, 4.69) is 31.0 Å². The van der Waals surface area contributed by atoms with Crippen LogP contribution in [0.25, 0.3) is 0 Å². The molecule has 1 aliphatic heterocycles. The van der Waals surface area contributed by atoms with Gasteiger partial charge in [0.25, 0.3) is 0 Å². The summed E-state index contributed by atoms with van der Waals surface area (Å²) in [6.45, 7) is 11.2. The van der Waals surface area contributed by atoms with Crippen molar-refractivity contribution < 1.29 is 4.74 Å². The predicted octanol–water partition coefficient (Wildman–Crippen LogP) is 1.73. The van der Waals surface area contributed by atoms with E-state index >= 15 is 0 Å². The van der Waals surface area contributed by atoms with Gasteiger partial charge in [-0.3, -0.25) is 4.90 Å². The minimum Gasteiger partial charge on any atom is -0.383 e. The van der Waals surface area contributed by atoms with Gasteiger partial charge in [0.2, 0.25) is 0 Å². The van der Waals surface area contributed by atoms with Crippen LogP contribution in [0, 0.1) is 5.92 Å². The van der Waals surface area contributed by atoms with Crippen molar-refractivity contribution in [3.63, 3.8) is 0 Å². The van der Waals surface area contributed by atoms with E-state index in [1.54, 1.807) is 7.11 Å². The summed E-state index contributed by atoms with van der Waals surface area (Å²) in [6, 6.07) is 1.33. The normalized spacial score (nSPS) is 23.2. The van der Waals surface area contributed by atoms with Crippen molar-refractivity contribution in [2.24, 2.45) is 5.92 Å². The van der Waals surface area contributed by atoms with Gasteiger partial charge in [-0.2, -0.15) is 0 Å². The molecule has 3 nitrogen and oxygen atoms in total. The van der Waals surface area contributed by atoms with Crippen LogP contribution in [0.15, 0.2) is 0 Å². The maximum absolute atomic E-state index is 5.20. The lowest BCUT2D eigenvalue weighted by Gasteiger charge is -2.33. The standard InChI is InChI=1S/C13H28N2O/c1-11(2)12(3)15(8-9-16-4)10-13-6-5-7-14-13/h11-14H,5-10H2,1-4H3. The van der Waals surface area contributed by atoms with Gasteiger partial charge in [-0.05, 0) is 32.2 Å². The molecule has 0 aromatic rings. The highest BCUT2D eigenvalue weighted by molar-refractivity contribution is 4.81. The average Bonchev–Trinajstić information content (AvgIpc) is 2.75. The average molecular weight is 228 g/mol. The smallest absolute Gasteiger partial charge is 0.0589 e. The highest BCUT2D eigenvalue weighted by atomic mass is 16.5. The fourth-order valence-corrected chi connectivity index (χ4v) is 2.29. The Morgan fingerprint density at radius 2 is 2.12 bits per heavy atom. The fourth-order valence-electron chi connectivity index (χ4n) is 2.29. The maximum Gasteiger partial charge on any atom is 0.0589 e. The van der Waals surface area contributed by atoms with Crippen molar-refractivity contribution in [3.8, 4) is 0 Å². The molecule has 1 rings (SSSR count). The first-order valence-corrected chi connectivity index (χ1v) is 6.61. The number of ether oxygens (including phenoxy) is 1. The van der Waals surface area contributed by atoms with Crippen LogP contribution >= 0.6 is 0 Å². The zero-order valence-corrected chi connectivity index (χ0v) is 11.3. The third kappa shape index (κ3) is 4.40. The molecule has 0 bridgehead atoms. The highest BCUT2D eigenvalue weighted by Crippen LogP contribution is 2.14. The second-order valence-electron chi connectivity index (χ2n) is 5.27. The molecule has 0 radical (unpaired) electrons. The van der Waals surface area contributed by atoms with Crippen LogP contribution in [0.2, 0.25) is 0 Å². The number of nitrogens with zero attached hydrogens (tertiary/aromatic N) is 1. The molecule has 1 aliphatic rings. The summed E-state index contributed by atoms with van der Waals surface area (Å²) in [5.41, 5.74) is 0. The molecule has 0 aliphatic carbocycles. The monoisotopic (exact) mass is 228 g/mol. The van der Waals surface area contributed by atoms with Crippen LogP contribution in [0.5, 0.6) is 0 Å². The molecule has 0 aromatic carbocycles. The van der Waals surface area contributed by atoms with Crippen LogP contribution in [0.4, 0.5) is 0 Å². The second-order valence-corrected chi connectivity index (χ2v) is 5.27. The molecular weight excluding hydrogens is 200 g/mol. The second kappa shape index (κ2) is 7.25. The summed E-state index contributed by atoms with van der Waals surface area (Å²) in [5, 5.41) is 3.57. The Morgan fingerprint density at radius 3 is 2.62 bits per heavy atom. The van der Waals surface area contributed by atoms with Gasteiger partial charge in [-0.1, -0.05) is 13.8 Å². The van der Waals surface area contributed by atoms with Crippen molar-refractivity contribution >= 4 is 0 Å². The topological polar surface area (TPSA) is 24.5 Å². The number of hydrogen-bond acceptors (Lipinski definition) is 3. The van der Waals surface area contributed by atoms with Crippen molar-refractivity contribution in [2.75, 3.05) is 33.4 Å². The first-order valence-electron chi connectivity index (χ1n) is 6.61. The van der Waals surface area contributed by atoms with Crippen LogP contribution in [0.3, 0.4) is 0 Å². The van der Waals surface area contributed by atoms with Gasteiger partial charge < -0.3 is 10.1 Å². The van der Waals surface area contributed by atoms with E-state index in [1.165, 1.54) is 25.9 Å². The Bertz CT molecular complexity index is 179. The Morgan fingerprint density at radius 1 is 1.38 bits per heavy atom. The van der Waals surface area contributed by atoms with Crippen molar-refractivity contribution in [1.82, 2.24) is 10.2 Å². The summed E-state index contributed by atoms with van der Waals surface area (Å²) in [6.07, 6.45) is 2.66. The summed E-state index contributed by atoms with van der Waals surface area (Å²) < 4.78 is 5.20. The number of methoxy groups -OCH3 is 1. The molecule has 16 heavy (non-hydrogen) atoms. The van der Waals surface area contributed by atoms with Gasteiger partial charge in [0.15, 0.2) is 0 Å². The molecule has 2 unspecified atom stereocenters. The predicted molar refractivity (Wildman–Crippen MR) is 68.8 cm³/mol. The van der Waals surface area contributed by atoms with Crippen molar-refractivity contribution in [1.29, 1.82) is 0 Å². The van der Waals surface area contributed by atoms with Gasteiger partial charge >= 0.3 is 0 Å². The summed E-state index contributed by atoms with van der Waals surface area (Å²) >= 11 is 0. The Kier molecular flexibility index (Phi) is 6.32. The number of nitrogens with one attached hydrogen (secondary N) is 1. The van der Waals surface area contributed by atoms with Crippen molar-refractivity contribution in [2.45, 2.75) is 45.7 Å². The largest absolute Gasteiger partial charge is 0.383 e. The van der Waals surface area contributed by atoms with Gasteiger partial charge in [0, 0.05) is 32.3 Å². The minimum atomic E-state index is 0.637. The lowest BCUT2D eigenvalue weighted by atomic mass is 10.0. The van der Waals surface area contributed by atoms with Gasteiger partial charge in [-0.25, -0.2) is 0 Å². The third-order valence-electron chi connectivity index (χ3n) is 3.74. The van der Waals surface area contributed by atoms with E-state index < -0.39 is 0 Å². The molecule has 0 spiro atoms. The van der Waals surface area contributed by atoms with E-state index in [0.717, 1.165) is 13.2 Å². The molecule has 0 aromatic heterocycles. The lowest BCUT2D eigenvalue weighted by molar-refractivity contribution is 0.101. The van der Waals surface area contributed by atoms with Crippen LogP contribution in [-0.2, 0) is 4.74 Å². The molecule has 3 heteroatoms. The summed E-state index contributed by atoms with van der Waals surface area (Å²) in [7, 11) is 1.78. The number of hydrogen-bond donors (Lipinski definition) is 1. The molecule has 1 saturated heterocycles. The summed E-state index contributed by atoms with van der Waals surface area (Å²) in [4.78, 5) is 2.57. The van der Waals surface area contributed by atoms with Crippen LogP contribution in [0.1, 0.15) is 33.6 Å². The molecule has 1 N–H and O–H groups in total. The molecule has 96 valence electrons. The van der Waals surface area contributed by atoms with E-state index in [0.29, 0.717) is 18.0 Å². The first-order chi connectivity index (χ1) is 7.65. The zero-order valence-electron chi connectivity index (χ0n) is 11.3. The Labute approximate surface area is 101 Å². The molecular formula is C13H28N2O. The number of rotatable bonds is 7. The SMILES string of the molecule is COCCN(CC1CCCN1)C(C)C(C)C. The quantitative estimate of drug-likeness (QED) is 0.718. The third-order valence-corrected chi connectivity index (χ3v) is 3.74. The fraction of sp³-hybridized carbons (Fsp3) is 1.00. The molecule has 0 saturated carbocycles. The Balaban J connectivity index is 2.41. The van der Waals surface area contributed by atoms with Crippen molar-refractivity contribution in [3.05, 3.63) is 0 Å². The maximum atomic E-state index is 5.20. The minimum absolute atomic E-state index is 0.637. The molecule has 1 heterocycles.